The van der Waals surface area contributed by atoms with Gasteiger partial charge >= 0.3 is 7.12 Å². The van der Waals surface area contributed by atoms with Crippen LogP contribution in [-0.4, -0.2) is 45.0 Å². The van der Waals surface area contributed by atoms with E-state index in [-0.39, 0.29) is 16.2 Å². The molecule has 1 aliphatic carbocycles. The molecule has 4 N–H and O–H groups in total. The van der Waals surface area contributed by atoms with E-state index in [1.807, 2.05) is 16.7 Å². The van der Waals surface area contributed by atoms with E-state index in [4.69, 9.17) is 15.1 Å². The standard InChI is InChI=1S/C33H46BN5O3Si/c1-21(2)26-16-11-22(3)20-33(26,42-43(7,8)32(4,5)6)23-12-14-24(15-13-23)39-30(25-10-9-19-36-29(25)35)37-27-17-18-28(34(40)41)38-31(27)39/h9-10,12-15,17-19,21-22,26,40-41H,11,16,20H2,1-8H3,(H2,35,36). The first kappa shape index (κ1) is 31.4. The number of nitrogens with zero attached hydrogens (tertiary/aromatic N) is 4. The lowest BCUT2D eigenvalue weighted by molar-refractivity contribution is -0.0745. The minimum absolute atomic E-state index is 0.0804. The van der Waals surface area contributed by atoms with E-state index < -0.39 is 15.4 Å². The number of nitrogens with two attached hydrogens (primary N) is 1. The van der Waals surface area contributed by atoms with Gasteiger partial charge in [0.2, 0.25) is 0 Å². The molecule has 5 rings (SSSR count). The summed E-state index contributed by atoms with van der Waals surface area (Å²) >= 11 is 0. The summed E-state index contributed by atoms with van der Waals surface area (Å²) in [6.45, 7) is 18.7. The van der Waals surface area contributed by atoms with Crippen LogP contribution >= 0.6 is 0 Å². The van der Waals surface area contributed by atoms with E-state index in [0.29, 0.717) is 46.1 Å². The number of fused-ring (bicyclic) bond motifs is 1. The van der Waals surface area contributed by atoms with Crippen molar-refractivity contribution in [3.8, 4) is 17.1 Å². The molecular weight excluding hydrogens is 553 g/mol. The van der Waals surface area contributed by atoms with E-state index >= 15 is 0 Å². The normalized spacial score (nSPS) is 21.5. The predicted molar refractivity (Wildman–Crippen MR) is 178 cm³/mol. The molecule has 0 radical (unpaired) electrons. The minimum Gasteiger partial charge on any atom is -0.422 e. The Morgan fingerprint density at radius 3 is 2.35 bits per heavy atom. The van der Waals surface area contributed by atoms with Crippen LogP contribution in [0.15, 0.2) is 54.7 Å². The fraction of sp³-hybridized carbons (Fsp3) is 0.485. The van der Waals surface area contributed by atoms with Crippen molar-refractivity contribution in [1.29, 1.82) is 0 Å². The quantitative estimate of drug-likeness (QED) is 0.221. The molecule has 1 aromatic carbocycles. The number of anilines is 1. The van der Waals surface area contributed by atoms with Gasteiger partial charge in [-0.25, -0.2) is 15.0 Å². The van der Waals surface area contributed by atoms with Crippen LogP contribution < -0.4 is 11.3 Å². The van der Waals surface area contributed by atoms with E-state index in [9.17, 15) is 10.0 Å². The van der Waals surface area contributed by atoms with Crippen LogP contribution in [0.1, 0.15) is 66.4 Å². The molecule has 228 valence electrons. The van der Waals surface area contributed by atoms with Crippen LogP contribution in [0.2, 0.25) is 18.1 Å². The van der Waals surface area contributed by atoms with E-state index in [0.717, 1.165) is 18.5 Å². The summed E-state index contributed by atoms with van der Waals surface area (Å²) in [6, 6.07) is 15.7. The Morgan fingerprint density at radius 2 is 1.74 bits per heavy atom. The Morgan fingerprint density at radius 1 is 1.05 bits per heavy atom. The number of pyridine rings is 2. The minimum atomic E-state index is -2.14. The van der Waals surface area contributed by atoms with Crippen LogP contribution in [0, 0.1) is 17.8 Å². The van der Waals surface area contributed by atoms with Gasteiger partial charge in [0.15, 0.2) is 19.8 Å². The molecule has 1 saturated carbocycles. The second-order valence-electron chi connectivity index (χ2n) is 14.2. The first-order valence-electron chi connectivity index (χ1n) is 15.4. The van der Waals surface area contributed by atoms with E-state index in [1.54, 1.807) is 18.3 Å². The second-order valence-corrected chi connectivity index (χ2v) is 18.9. The molecule has 3 aromatic heterocycles. The van der Waals surface area contributed by atoms with Crippen molar-refractivity contribution < 1.29 is 14.5 Å². The van der Waals surface area contributed by atoms with Crippen LogP contribution in [0.5, 0.6) is 0 Å². The van der Waals surface area contributed by atoms with Crippen molar-refractivity contribution in [2.45, 2.75) is 84.5 Å². The van der Waals surface area contributed by atoms with Crippen molar-refractivity contribution in [1.82, 2.24) is 19.5 Å². The highest BCUT2D eigenvalue weighted by Crippen LogP contribution is 2.54. The number of aromatic nitrogens is 4. The van der Waals surface area contributed by atoms with Crippen molar-refractivity contribution >= 4 is 38.0 Å². The average Bonchev–Trinajstić information content (AvgIpc) is 3.31. The number of hydrogen-bond donors (Lipinski definition) is 3. The van der Waals surface area contributed by atoms with Crippen LogP contribution in [0.3, 0.4) is 0 Å². The third kappa shape index (κ3) is 5.78. The Balaban J connectivity index is 1.70. The van der Waals surface area contributed by atoms with Gasteiger partial charge in [-0.2, -0.15) is 0 Å². The number of benzene rings is 1. The summed E-state index contributed by atoms with van der Waals surface area (Å²) in [7, 11) is -3.84. The molecule has 3 atom stereocenters. The molecule has 3 heterocycles. The highest BCUT2D eigenvalue weighted by molar-refractivity contribution is 6.74. The van der Waals surface area contributed by atoms with Gasteiger partial charge in [0.05, 0.1) is 16.8 Å². The number of hydrogen-bond acceptors (Lipinski definition) is 7. The largest absolute Gasteiger partial charge is 0.508 e. The molecular formula is C33H46BN5O3Si. The zero-order chi connectivity index (χ0) is 31.3. The Hall–Kier alpha value is -3.05. The summed E-state index contributed by atoms with van der Waals surface area (Å²) < 4.78 is 9.46. The molecule has 0 bridgehead atoms. The maximum atomic E-state index is 9.89. The lowest BCUT2D eigenvalue weighted by Gasteiger charge is -2.54. The van der Waals surface area contributed by atoms with Crippen LogP contribution in [-0.2, 0) is 10.0 Å². The van der Waals surface area contributed by atoms with Crippen LogP contribution in [0.25, 0.3) is 28.2 Å². The van der Waals surface area contributed by atoms with Gasteiger partial charge in [0.25, 0.3) is 0 Å². The molecule has 0 saturated heterocycles. The van der Waals surface area contributed by atoms with Crippen molar-refractivity contribution in [2.75, 3.05) is 5.73 Å². The van der Waals surface area contributed by atoms with E-state index in [2.05, 4.69) is 88.9 Å². The topological polar surface area (TPSA) is 119 Å². The number of rotatable bonds is 7. The first-order chi connectivity index (χ1) is 20.1. The second kappa shape index (κ2) is 11.5. The summed E-state index contributed by atoms with van der Waals surface area (Å²) in [5.41, 5.74) is 9.93. The van der Waals surface area contributed by atoms with Gasteiger partial charge < -0.3 is 20.2 Å². The van der Waals surface area contributed by atoms with Crippen molar-refractivity contribution in [3.63, 3.8) is 0 Å². The predicted octanol–water partition coefficient (Wildman–Crippen LogP) is 6.05. The van der Waals surface area contributed by atoms with Gasteiger partial charge in [0, 0.05) is 11.9 Å². The molecule has 0 amide bonds. The third-order valence-corrected chi connectivity index (χ3v) is 14.2. The smallest absolute Gasteiger partial charge is 0.422 e. The van der Waals surface area contributed by atoms with Crippen molar-refractivity contribution in [2.24, 2.45) is 17.8 Å². The molecule has 1 aliphatic rings. The van der Waals surface area contributed by atoms with Gasteiger partial charge in [-0.1, -0.05) is 60.1 Å². The fourth-order valence-corrected chi connectivity index (χ4v) is 8.07. The lowest BCUT2D eigenvalue weighted by Crippen LogP contribution is -2.54. The summed E-state index contributed by atoms with van der Waals surface area (Å²) in [4.78, 5) is 13.7. The van der Waals surface area contributed by atoms with Gasteiger partial charge in [0.1, 0.15) is 11.3 Å². The average molecular weight is 600 g/mol. The van der Waals surface area contributed by atoms with Gasteiger partial charge in [-0.15, -0.1) is 0 Å². The summed E-state index contributed by atoms with van der Waals surface area (Å²) in [5, 5.41) is 19.9. The molecule has 0 aliphatic heterocycles. The molecule has 8 nitrogen and oxygen atoms in total. The molecule has 10 heteroatoms. The first-order valence-corrected chi connectivity index (χ1v) is 18.3. The van der Waals surface area contributed by atoms with Crippen molar-refractivity contribution in [3.05, 3.63) is 60.3 Å². The Labute approximate surface area is 257 Å². The lowest BCUT2D eigenvalue weighted by atomic mass is 9.64. The fourth-order valence-electron chi connectivity index (χ4n) is 6.50. The zero-order valence-corrected chi connectivity index (χ0v) is 27.8. The molecule has 4 aromatic rings. The highest BCUT2D eigenvalue weighted by Gasteiger charge is 2.52. The monoisotopic (exact) mass is 599 g/mol. The maximum Gasteiger partial charge on any atom is 0.508 e. The van der Waals surface area contributed by atoms with E-state index in [1.165, 1.54) is 12.0 Å². The zero-order valence-electron chi connectivity index (χ0n) is 26.8. The summed E-state index contributed by atoms with van der Waals surface area (Å²) in [5.74, 6) is 2.38. The van der Waals surface area contributed by atoms with Gasteiger partial charge in [-0.05, 0) is 90.7 Å². The Bertz CT molecular complexity index is 1600. The number of nitrogen functional groups attached to an aromatic ring is 1. The molecule has 0 spiro atoms. The Kier molecular flexibility index (Phi) is 8.37. The molecule has 3 unspecified atom stereocenters. The van der Waals surface area contributed by atoms with Gasteiger partial charge in [-0.3, -0.25) is 4.57 Å². The molecule has 43 heavy (non-hydrogen) atoms. The maximum absolute atomic E-state index is 9.89. The highest BCUT2D eigenvalue weighted by atomic mass is 28.4. The molecule has 1 fully saturated rings. The van der Waals surface area contributed by atoms with Crippen LogP contribution in [0.4, 0.5) is 5.82 Å². The third-order valence-electron chi connectivity index (χ3n) is 9.75. The summed E-state index contributed by atoms with van der Waals surface area (Å²) in [6.07, 6.45) is 5.00. The number of imidazole rings is 1. The SMILES string of the molecule is CC1CCC(C(C)C)C(O[Si](C)(C)C(C)(C)C)(c2ccc(-n3c(-c4cccnc4N)nc4ccc(B(O)O)nc43)cc2)C1.